The molecule has 1 aliphatic heterocycles. The number of carbonyl (C=O) groups excluding carboxylic acids is 1. The second-order valence-electron chi connectivity index (χ2n) is 4.22. The molecule has 0 bridgehead atoms. The monoisotopic (exact) mass is 204 g/mol. The minimum atomic E-state index is -0.106. The zero-order chi connectivity index (χ0) is 10.8. The molecule has 0 saturated carbocycles. The van der Waals surface area contributed by atoms with E-state index in [1.165, 1.54) is 11.1 Å². The second kappa shape index (κ2) is 4.05. The first-order chi connectivity index (χ1) is 7.20. The first-order valence-corrected chi connectivity index (χ1v) is 5.54. The summed E-state index contributed by atoms with van der Waals surface area (Å²) in [6, 6.07) is 6.14. The van der Waals surface area contributed by atoms with Crippen molar-refractivity contribution in [2.75, 3.05) is 0 Å². The van der Waals surface area contributed by atoms with Crippen LogP contribution >= 0.6 is 0 Å². The second-order valence-corrected chi connectivity index (χ2v) is 4.22. The van der Waals surface area contributed by atoms with Crippen LogP contribution in [0.1, 0.15) is 31.4 Å². The molecule has 2 nitrogen and oxygen atoms in total. The Bertz CT molecular complexity index is 382. The Morgan fingerprint density at radius 3 is 3.00 bits per heavy atom. The van der Waals surface area contributed by atoms with E-state index in [-0.39, 0.29) is 11.9 Å². The van der Waals surface area contributed by atoms with Gasteiger partial charge in [0.05, 0.1) is 5.92 Å². The maximum atomic E-state index is 11.3. The molecule has 0 spiro atoms. The first-order valence-electron chi connectivity index (χ1n) is 5.54. The Balaban J connectivity index is 2.29. The van der Waals surface area contributed by atoms with E-state index in [1.807, 2.05) is 19.1 Å². The zero-order valence-electron chi connectivity index (χ0n) is 9.25. The lowest BCUT2D eigenvalue weighted by molar-refractivity contribution is -0.139. The third-order valence-electron chi connectivity index (χ3n) is 2.80. The van der Waals surface area contributed by atoms with Crippen LogP contribution in [0.5, 0.6) is 5.75 Å². The van der Waals surface area contributed by atoms with Gasteiger partial charge in [-0.3, -0.25) is 4.79 Å². The van der Waals surface area contributed by atoms with Gasteiger partial charge in [-0.15, -0.1) is 0 Å². The molecule has 1 atom stereocenters. The average Bonchev–Trinajstić information content (AvgIpc) is 2.21. The van der Waals surface area contributed by atoms with E-state index in [0.717, 1.165) is 25.0 Å². The molecule has 1 aliphatic rings. The molecule has 1 aromatic rings. The smallest absolute Gasteiger partial charge is 0.314 e. The molecule has 1 heterocycles. The van der Waals surface area contributed by atoms with Gasteiger partial charge in [-0.1, -0.05) is 32.4 Å². The molecule has 0 amide bonds. The molecule has 0 aromatic heterocycles. The van der Waals surface area contributed by atoms with Crippen LogP contribution in [-0.4, -0.2) is 5.97 Å². The normalized spacial score (nSPS) is 19.6. The highest BCUT2D eigenvalue weighted by atomic mass is 16.5. The van der Waals surface area contributed by atoms with Crippen LogP contribution in [0.15, 0.2) is 18.2 Å². The Morgan fingerprint density at radius 2 is 2.27 bits per heavy atom. The number of fused-ring (bicyclic) bond motifs is 1. The Kier molecular flexibility index (Phi) is 2.76. The van der Waals surface area contributed by atoms with Crippen molar-refractivity contribution in [2.24, 2.45) is 5.92 Å². The van der Waals surface area contributed by atoms with Crippen LogP contribution < -0.4 is 4.74 Å². The topological polar surface area (TPSA) is 26.3 Å². The van der Waals surface area contributed by atoms with E-state index in [9.17, 15) is 4.79 Å². The summed E-state index contributed by atoms with van der Waals surface area (Å²) in [5.41, 5.74) is 2.51. The lowest BCUT2D eigenvalue weighted by Crippen LogP contribution is -2.25. The fourth-order valence-electron chi connectivity index (χ4n) is 1.96. The van der Waals surface area contributed by atoms with Crippen LogP contribution in [0.2, 0.25) is 0 Å². The maximum Gasteiger partial charge on any atom is 0.314 e. The van der Waals surface area contributed by atoms with Gasteiger partial charge in [0.15, 0.2) is 0 Å². The molecule has 80 valence electrons. The number of aryl methyl sites for hydroxylation is 1. The molecule has 2 rings (SSSR count). The molecule has 15 heavy (non-hydrogen) atoms. The Morgan fingerprint density at radius 1 is 1.47 bits per heavy atom. The number of carbonyl (C=O) groups is 1. The van der Waals surface area contributed by atoms with Crippen LogP contribution in [0, 0.1) is 5.92 Å². The maximum absolute atomic E-state index is 11.3. The minimum Gasteiger partial charge on any atom is -0.426 e. The van der Waals surface area contributed by atoms with Crippen LogP contribution in [0.25, 0.3) is 0 Å². The third-order valence-corrected chi connectivity index (χ3v) is 2.80. The molecular weight excluding hydrogens is 188 g/mol. The zero-order valence-corrected chi connectivity index (χ0v) is 9.25. The number of esters is 1. The average molecular weight is 204 g/mol. The Hall–Kier alpha value is -1.31. The van der Waals surface area contributed by atoms with Crippen molar-refractivity contribution in [2.45, 2.75) is 33.1 Å². The van der Waals surface area contributed by atoms with Gasteiger partial charge in [0, 0.05) is 0 Å². The van der Waals surface area contributed by atoms with E-state index in [0.29, 0.717) is 0 Å². The first kappa shape index (κ1) is 10.2. The largest absolute Gasteiger partial charge is 0.426 e. The van der Waals surface area contributed by atoms with E-state index in [4.69, 9.17) is 4.74 Å². The summed E-state index contributed by atoms with van der Waals surface area (Å²) in [5, 5.41) is 0. The van der Waals surface area contributed by atoms with Crippen LogP contribution in [0.4, 0.5) is 0 Å². The molecular formula is C13H16O2. The number of rotatable bonds is 2. The van der Waals surface area contributed by atoms with Gasteiger partial charge in [0.1, 0.15) is 5.75 Å². The SMILES string of the molecule is CCCc1ccc2c(c1)CC(C)C(=O)O2. The number of hydrogen-bond acceptors (Lipinski definition) is 2. The van der Waals surface area contributed by atoms with E-state index >= 15 is 0 Å². The van der Waals surface area contributed by atoms with Crippen molar-refractivity contribution in [3.8, 4) is 5.75 Å². The predicted octanol–water partition coefficient (Wildman–Crippen LogP) is 2.74. The van der Waals surface area contributed by atoms with Crippen molar-refractivity contribution >= 4 is 5.97 Å². The van der Waals surface area contributed by atoms with Gasteiger partial charge in [0.2, 0.25) is 0 Å². The molecule has 0 aliphatic carbocycles. The van der Waals surface area contributed by atoms with Crippen molar-refractivity contribution in [3.63, 3.8) is 0 Å². The van der Waals surface area contributed by atoms with Gasteiger partial charge in [-0.2, -0.15) is 0 Å². The van der Waals surface area contributed by atoms with Gasteiger partial charge in [-0.05, 0) is 30.0 Å². The van der Waals surface area contributed by atoms with Gasteiger partial charge >= 0.3 is 5.97 Å². The fraction of sp³-hybridized carbons (Fsp3) is 0.462. The molecule has 1 aromatic carbocycles. The molecule has 2 heteroatoms. The fourth-order valence-corrected chi connectivity index (χ4v) is 1.96. The number of benzene rings is 1. The quantitative estimate of drug-likeness (QED) is 0.547. The summed E-state index contributed by atoms with van der Waals surface area (Å²) in [4.78, 5) is 11.3. The summed E-state index contributed by atoms with van der Waals surface area (Å²) < 4.78 is 5.24. The standard InChI is InChI=1S/C13H16O2/c1-3-4-10-5-6-12-11(8-10)7-9(2)13(14)15-12/h5-6,8-9H,3-4,7H2,1-2H3. The van der Waals surface area contributed by atoms with Crippen molar-refractivity contribution < 1.29 is 9.53 Å². The van der Waals surface area contributed by atoms with Crippen LogP contribution in [-0.2, 0) is 17.6 Å². The van der Waals surface area contributed by atoms with Gasteiger partial charge in [-0.25, -0.2) is 0 Å². The van der Waals surface area contributed by atoms with Gasteiger partial charge < -0.3 is 4.74 Å². The summed E-state index contributed by atoms with van der Waals surface area (Å²) in [6.45, 7) is 4.08. The number of hydrogen-bond donors (Lipinski definition) is 0. The van der Waals surface area contributed by atoms with E-state index < -0.39 is 0 Å². The Labute approximate surface area is 90.3 Å². The summed E-state index contributed by atoms with van der Waals surface area (Å²) in [5.74, 6) is 0.637. The predicted molar refractivity (Wildman–Crippen MR) is 58.9 cm³/mol. The molecule has 0 fully saturated rings. The molecule has 0 saturated heterocycles. The lowest BCUT2D eigenvalue weighted by Gasteiger charge is -2.21. The van der Waals surface area contributed by atoms with Gasteiger partial charge in [0.25, 0.3) is 0 Å². The molecule has 1 unspecified atom stereocenters. The highest BCUT2D eigenvalue weighted by Crippen LogP contribution is 2.29. The lowest BCUT2D eigenvalue weighted by atomic mass is 9.95. The highest BCUT2D eigenvalue weighted by Gasteiger charge is 2.24. The van der Waals surface area contributed by atoms with Crippen molar-refractivity contribution in [3.05, 3.63) is 29.3 Å². The minimum absolute atomic E-state index is 0.00521. The number of ether oxygens (including phenoxy) is 1. The van der Waals surface area contributed by atoms with E-state index in [2.05, 4.69) is 13.0 Å². The summed E-state index contributed by atoms with van der Waals surface area (Å²) >= 11 is 0. The highest BCUT2D eigenvalue weighted by molar-refractivity contribution is 5.77. The van der Waals surface area contributed by atoms with Crippen LogP contribution in [0.3, 0.4) is 0 Å². The van der Waals surface area contributed by atoms with Crippen molar-refractivity contribution in [1.82, 2.24) is 0 Å². The molecule has 0 N–H and O–H groups in total. The van der Waals surface area contributed by atoms with E-state index in [1.54, 1.807) is 0 Å². The van der Waals surface area contributed by atoms with Crippen molar-refractivity contribution in [1.29, 1.82) is 0 Å². The molecule has 0 radical (unpaired) electrons. The third kappa shape index (κ3) is 2.04. The summed E-state index contributed by atoms with van der Waals surface area (Å²) in [7, 11) is 0. The summed E-state index contributed by atoms with van der Waals surface area (Å²) in [6.07, 6.45) is 3.05.